The minimum atomic E-state index is -3.84. The molecule has 1 fully saturated rings. The number of carbonyl (C=O) groups excluding carboxylic acids is 1. The van der Waals surface area contributed by atoms with Gasteiger partial charge in [0.15, 0.2) is 0 Å². The van der Waals surface area contributed by atoms with E-state index >= 15 is 0 Å². The molecular formula is C22H29N7O5S. The molecule has 1 amide bonds. The first-order valence-electron chi connectivity index (χ1n) is 11.1. The lowest BCUT2D eigenvalue weighted by Gasteiger charge is -2.33. The molecule has 3 aromatic rings. The van der Waals surface area contributed by atoms with Crippen molar-refractivity contribution in [2.75, 3.05) is 40.3 Å². The van der Waals surface area contributed by atoms with Crippen LogP contribution in [0.4, 0.5) is 0 Å². The lowest BCUT2D eigenvalue weighted by molar-refractivity contribution is 0.0586. The maximum absolute atomic E-state index is 13.2. The molecule has 1 N–H and O–H groups in total. The molecule has 3 heterocycles. The standard InChI is InChI=1S/C22H29N7O5S/c1-15-9-18(33-4)10-16(2)20(15)35(31,32)27(3)13-19-25-26-21(34-19)22(30)29-7-5-28(6-8-29)12-17-11-23-14-24-17/h9-11,14H,5-8,12-13H2,1-4H3,(H,23,24). The molecule has 0 spiro atoms. The van der Waals surface area contributed by atoms with Gasteiger partial charge in [0.1, 0.15) is 5.75 Å². The summed E-state index contributed by atoms with van der Waals surface area (Å²) in [5.74, 6) is 0.117. The predicted octanol–water partition coefficient (Wildman–Crippen LogP) is 1.20. The largest absolute Gasteiger partial charge is 0.497 e. The van der Waals surface area contributed by atoms with Crippen molar-refractivity contribution in [2.45, 2.75) is 31.8 Å². The summed E-state index contributed by atoms with van der Waals surface area (Å²) in [5.41, 5.74) is 2.16. The number of hydrogen-bond acceptors (Lipinski definition) is 9. The summed E-state index contributed by atoms with van der Waals surface area (Å²) in [4.78, 5) is 24.0. The van der Waals surface area contributed by atoms with Crippen molar-refractivity contribution in [3.8, 4) is 5.75 Å². The van der Waals surface area contributed by atoms with E-state index < -0.39 is 10.0 Å². The van der Waals surface area contributed by atoms with Crippen molar-refractivity contribution in [3.63, 3.8) is 0 Å². The van der Waals surface area contributed by atoms with Crippen LogP contribution in [0.5, 0.6) is 5.75 Å². The molecule has 2 aromatic heterocycles. The van der Waals surface area contributed by atoms with Crippen molar-refractivity contribution >= 4 is 15.9 Å². The van der Waals surface area contributed by atoms with Gasteiger partial charge in [-0.1, -0.05) is 0 Å². The van der Waals surface area contributed by atoms with Crippen LogP contribution in [-0.4, -0.2) is 88.9 Å². The highest BCUT2D eigenvalue weighted by molar-refractivity contribution is 7.89. The van der Waals surface area contributed by atoms with Gasteiger partial charge in [-0.2, -0.15) is 4.31 Å². The molecule has 0 saturated carbocycles. The van der Waals surface area contributed by atoms with Gasteiger partial charge in [-0.25, -0.2) is 13.4 Å². The zero-order valence-corrected chi connectivity index (χ0v) is 21.0. The topological polar surface area (TPSA) is 138 Å². The highest BCUT2D eigenvalue weighted by Gasteiger charge is 2.29. The van der Waals surface area contributed by atoms with Crippen molar-refractivity contribution < 1.29 is 22.4 Å². The summed E-state index contributed by atoms with van der Waals surface area (Å²) in [6.45, 7) is 6.46. The molecule has 35 heavy (non-hydrogen) atoms. The van der Waals surface area contributed by atoms with Gasteiger partial charge in [-0.3, -0.25) is 9.69 Å². The van der Waals surface area contributed by atoms with Crippen LogP contribution >= 0.6 is 0 Å². The molecule has 1 saturated heterocycles. The van der Waals surface area contributed by atoms with E-state index in [0.717, 1.165) is 16.5 Å². The molecule has 0 aliphatic carbocycles. The van der Waals surface area contributed by atoms with E-state index in [1.807, 2.05) is 0 Å². The van der Waals surface area contributed by atoms with E-state index in [2.05, 4.69) is 25.1 Å². The van der Waals surface area contributed by atoms with Crippen molar-refractivity contribution in [1.82, 2.24) is 34.3 Å². The number of ether oxygens (including phenoxy) is 1. The van der Waals surface area contributed by atoms with Gasteiger partial charge >= 0.3 is 11.8 Å². The molecule has 13 heteroatoms. The van der Waals surface area contributed by atoms with Crippen LogP contribution in [-0.2, 0) is 23.1 Å². The lowest BCUT2D eigenvalue weighted by atomic mass is 10.1. The number of H-pyrrole nitrogens is 1. The van der Waals surface area contributed by atoms with Crippen LogP contribution in [0.15, 0.2) is 34.0 Å². The van der Waals surface area contributed by atoms with E-state index in [0.29, 0.717) is 43.1 Å². The van der Waals surface area contributed by atoms with E-state index in [9.17, 15) is 13.2 Å². The fourth-order valence-electron chi connectivity index (χ4n) is 4.13. The average Bonchev–Trinajstić information content (AvgIpc) is 3.50. The molecule has 1 aliphatic rings. The minimum absolute atomic E-state index is 0.0427. The number of aromatic amines is 1. The number of sulfonamides is 1. The molecule has 0 bridgehead atoms. The summed E-state index contributed by atoms with van der Waals surface area (Å²) in [5, 5.41) is 7.77. The summed E-state index contributed by atoms with van der Waals surface area (Å²) >= 11 is 0. The predicted molar refractivity (Wildman–Crippen MR) is 125 cm³/mol. The number of benzene rings is 1. The lowest BCUT2D eigenvalue weighted by Crippen LogP contribution is -2.48. The summed E-state index contributed by atoms with van der Waals surface area (Å²) in [6, 6.07) is 3.35. The normalized spacial score (nSPS) is 15.1. The van der Waals surface area contributed by atoms with Gasteiger partial charge in [0.05, 0.1) is 24.9 Å². The number of aromatic nitrogens is 4. The fraction of sp³-hybridized carbons (Fsp3) is 0.455. The van der Waals surface area contributed by atoms with Crippen molar-refractivity contribution in [3.05, 3.63) is 53.3 Å². The summed E-state index contributed by atoms with van der Waals surface area (Å²) in [6.07, 6.45) is 3.43. The number of hydrogen-bond donors (Lipinski definition) is 1. The molecule has 0 radical (unpaired) electrons. The number of aryl methyl sites for hydroxylation is 2. The minimum Gasteiger partial charge on any atom is -0.497 e. The molecular weight excluding hydrogens is 474 g/mol. The third-order valence-corrected chi connectivity index (χ3v) is 8.06. The molecule has 12 nitrogen and oxygen atoms in total. The Hall–Kier alpha value is -3.29. The number of imidazole rings is 1. The van der Waals surface area contributed by atoms with Crippen molar-refractivity contribution in [2.24, 2.45) is 0 Å². The Morgan fingerprint density at radius 3 is 2.46 bits per heavy atom. The van der Waals surface area contributed by atoms with Gasteiger partial charge in [-0.05, 0) is 37.1 Å². The van der Waals surface area contributed by atoms with Crippen LogP contribution in [0.3, 0.4) is 0 Å². The number of rotatable bonds is 8. The Balaban J connectivity index is 1.38. The first-order valence-corrected chi connectivity index (χ1v) is 12.6. The zero-order valence-electron chi connectivity index (χ0n) is 20.2. The van der Waals surface area contributed by atoms with E-state index in [1.165, 1.54) is 14.2 Å². The van der Waals surface area contributed by atoms with E-state index in [1.54, 1.807) is 43.4 Å². The second kappa shape index (κ2) is 10.1. The molecule has 188 valence electrons. The molecule has 1 aliphatic heterocycles. The third-order valence-electron chi connectivity index (χ3n) is 5.95. The van der Waals surface area contributed by atoms with Gasteiger partial charge in [0.25, 0.3) is 0 Å². The Morgan fingerprint density at radius 1 is 1.17 bits per heavy atom. The first-order chi connectivity index (χ1) is 16.7. The maximum Gasteiger partial charge on any atom is 0.311 e. The average molecular weight is 504 g/mol. The van der Waals surface area contributed by atoms with Crippen LogP contribution in [0.2, 0.25) is 0 Å². The molecule has 4 rings (SSSR count). The Morgan fingerprint density at radius 2 is 1.86 bits per heavy atom. The van der Waals surface area contributed by atoms with Crippen LogP contribution in [0.1, 0.15) is 33.4 Å². The second-order valence-corrected chi connectivity index (χ2v) is 10.5. The SMILES string of the molecule is COc1cc(C)c(S(=O)(=O)N(C)Cc2nnc(C(=O)N3CCN(Cc4cnc[nH]4)CC3)o2)c(C)c1. The summed E-state index contributed by atoms with van der Waals surface area (Å²) in [7, 11) is -0.875. The van der Waals surface area contributed by atoms with E-state index in [-0.39, 0.29) is 29.1 Å². The number of methoxy groups -OCH3 is 1. The van der Waals surface area contributed by atoms with Gasteiger partial charge < -0.3 is 19.0 Å². The highest BCUT2D eigenvalue weighted by atomic mass is 32.2. The number of carbonyl (C=O) groups is 1. The van der Waals surface area contributed by atoms with Crippen molar-refractivity contribution in [1.29, 1.82) is 0 Å². The molecule has 0 unspecified atom stereocenters. The monoisotopic (exact) mass is 503 g/mol. The maximum atomic E-state index is 13.2. The summed E-state index contributed by atoms with van der Waals surface area (Å²) < 4.78 is 38.3. The van der Waals surface area contributed by atoms with Gasteiger partial charge in [0.2, 0.25) is 15.9 Å². The van der Waals surface area contributed by atoms with Crippen LogP contribution in [0, 0.1) is 13.8 Å². The Labute approximate surface area is 204 Å². The fourth-order valence-corrected chi connectivity index (χ4v) is 5.65. The van der Waals surface area contributed by atoms with Crippen LogP contribution < -0.4 is 4.74 Å². The number of piperazine rings is 1. The Bertz CT molecular complexity index is 1260. The highest BCUT2D eigenvalue weighted by Crippen LogP contribution is 2.28. The zero-order chi connectivity index (χ0) is 25.2. The number of nitrogens with zero attached hydrogens (tertiary/aromatic N) is 6. The first kappa shape index (κ1) is 24.8. The number of nitrogens with one attached hydrogen (secondary N) is 1. The quantitative estimate of drug-likeness (QED) is 0.480. The molecule has 1 aromatic carbocycles. The molecule has 0 atom stereocenters. The van der Waals surface area contributed by atoms with Gasteiger partial charge in [-0.15, -0.1) is 10.2 Å². The Kier molecular flexibility index (Phi) is 7.19. The van der Waals surface area contributed by atoms with Crippen LogP contribution in [0.25, 0.3) is 0 Å². The second-order valence-electron chi connectivity index (χ2n) is 8.50. The smallest absolute Gasteiger partial charge is 0.311 e. The number of amides is 1. The van der Waals surface area contributed by atoms with E-state index in [4.69, 9.17) is 9.15 Å². The third kappa shape index (κ3) is 5.36. The van der Waals surface area contributed by atoms with Gasteiger partial charge in [0, 0.05) is 51.7 Å².